The van der Waals surface area contributed by atoms with Gasteiger partial charge in [-0.1, -0.05) is 60.7 Å². The van der Waals surface area contributed by atoms with E-state index in [-0.39, 0.29) is 6.04 Å². The third-order valence-corrected chi connectivity index (χ3v) is 7.27. The summed E-state index contributed by atoms with van der Waals surface area (Å²) in [6.45, 7) is 5.76. The van der Waals surface area contributed by atoms with Crippen molar-refractivity contribution in [1.82, 2.24) is 9.80 Å². The Kier molecular flexibility index (Phi) is 7.81. The molecule has 0 unspecified atom stereocenters. The predicted molar refractivity (Wildman–Crippen MR) is 132 cm³/mol. The van der Waals surface area contributed by atoms with Gasteiger partial charge < -0.3 is 9.64 Å². The molecule has 1 aliphatic rings. The van der Waals surface area contributed by atoms with E-state index in [9.17, 15) is 8.42 Å². The molecule has 0 aliphatic carbocycles. The summed E-state index contributed by atoms with van der Waals surface area (Å²) < 4.78 is 28.9. The number of nitrogens with zero attached hydrogens (tertiary/aromatic N) is 2. The maximum atomic E-state index is 11.6. The number of benzene rings is 3. The van der Waals surface area contributed by atoms with E-state index < -0.39 is 9.84 Å². The van der Waals surface area contributed by atoms with Gasteiger partial charge in [0.15, 0.2) is 9.84 Å². The minimum Gasteiger partial charge on any atom is -0.494 e. The van der Waals surface area contributed by atoms with Crippen LogP contribution in [-0.2, 0) is 9.84 Å². The zero-order valence-electron chi connectivity index (χ0n) is 19.1. The molecule has 0 aromatic heterocycles. The number of piperazine rings is 1. The van der Waals surface area contributed by atoms with Gasteiger partial charge >= 0.3 is 0 Å². The molecule has 1 fully saturated rings. The summed E-state index contributed by atoms with van der Waals surface area (Å²) in [5.41, 5.74) is 2.68. The molecule has 1 aliphatic heterocycles. The molecule has 3 aromatic carbocycles. The van der Waals surface area contributed by atoms with Crippen molar-refractivity contribution in [2.75, 3.05) is 45.6 Å². The van der Waals surface area contributed by atoms with Crippen LogP contribution in [0.1, 0.15) is 23.6 Å². The van der Waals surface area contributed by atoms with Crippen LogP contribution in [0.15, 0.2) is 89.8 Å². The van der Waals surface area contributed by atoms with Crippen molar-refractivity contribution in [3.05, 3.63) is 96.1 Å². The Hall–Kier alpha value is -2.67. The van der Waals surface area contributed by atoms with Crippen molar-refractivity contribution in [2.45, 2.75) is 17.4 Å². The number of rotatable bonds is 9. The molecule has 0 N–H and O–H groups in total. The maximum Gasteiger partial charge on any atom is 0.175 e. The molecular formula is C27H32N2O3S. The molecule has 4 rings (SSSR count). The van der Waals surface area contributed by atoms with Crippen LogP contribution in [-0.4, -0.2) is 63.8 Å². The van der Waals surface area contributed by atoms with E-state index in [0.29, 0.717) is 17.3 Å². The average Bonchev–Trinajstić information content (AvgIpc) is 2.84. The molecule has 0 atom stereocenters. The SMILES string of the molecule is CS(=O)(=O)c1ccc(OCCCN2CCN(C(c3ccccc3)c3ccccc3)CC2)cc1. The fourth-order valence-corrected chi connectivity index (χ4v) is 5.02. The van der Waals surface area contributed by atoms with Crippen molar-refractivity contribution in [1.29, 1.82) is 0 Å². The van der Waals surface area contributed by atoms with Gasteiger partial charge in [0.05, 0.1) is 17.5 Å². The minimum absolute atomic E-state index is 0.285. The van der Waals surface area contributed by atoms with E-state index in [1.807, 2.05) is 0 Å². The number of sulfone groups is 1. The molecule has 0 radical (unpaired) electrons. The Balaban J connectivity index is 1.26. The van der Waals surface area contributed by atoms with Crippen LogP contribution in [0, 0.1) is 0 Å². The summed E-state index contributed by atoms with van der Waals surface area (Å²) >= 11 is 0. The van der Waals surface area contributed by atoms with E-state index in [4.69, 9.17) is 4.74 Å². The molecule has 0 spiro atoms. The first kappa shape index (κ1) is 23.5. The molecule has 5 nitrogen and oxygen atoms in total. The van der Waals surface area contributed by atoms with Crippen LogP contribution in [0.5, 0.6) is 5.75 Å². The van der Waals surface area contributed by atoms with Crippen molar-refractivity contribution in [3.8, 4) is 5.75 Å². The second-order valence-electron chi connectivity index (χ2n) is 8.55. The second kappa shape index (κ2) is 11.0. The highest BCUT2D eigenvalue weighted by Crippen LogP contribution is 2.29. The number of ether oxygens (including phenoxy) is 1. The van der Waals surface area contributed by atoms with Crippen LogP contribution < -0.4 is 4.74 Å². The number of hydrogen-bond acceptors (Lipinski definition) is 5. The molecule has 33 heavy (non-hydrogen) atoms. The van der Waals surface area contributed by atoms with E-state index in [1.54, 1.807) is 24.3 Å². The van der Waals surface area contributed by atoms with E-state index in [2.05, 4.69) is 70.5 Å². The summed E-state index contributed by atoms with van der Waals surface area (Å²) in [5.74, 6) is 0.709. The first-order chi connectivity index (χ1) is 16.0. The third-order valence-electron chi connectivity index (χ3n) is 6.14. The van der Waals surface area contributed by atoms with Gasteiger partial charge in [-0.2, -0.15) is 0 Å². The van der Waals surface area contributed by atoms with Crippen molar-refractivity contribution >= 4 is 9.84 Å². The summed E-state index contributed by atoms with van der Waals surface area (Å²) in [7, 11) is -3.17. The van der Waals surface area contributed by atoms with Crippen LogP contribution in [0.3, 0.4) is 0 Å². The largest absolute Gasteiger partial charge is 0.494 e. The molecule has 0 saturated carbocycles. The Labute approximate surface area is 197 Å². The lowest BCUT2D eigenvalue weighted by molar-refractivity contribution is 0.105. The lowest BCUT2D eigenvalue weighted by atomic mass is 9.96. The van der Waals surface area contributed by atoms with Crippen LogP contribution in [0.25, 0.3) is 0 Å². The first-order valence-electron chi connectivity index (χ1n) is 11.5. The summed E-state index contributed by atoms with van der Waals surface area (Å²) in [6.07, 6.45) is 2.15. The molecule has 6 heteroatoms. The lowest BCUT2D eigenvalue weighted by Gasteiger charge is -2.39. The minimum atomic E-state index is -3.17. The van der Waals surface area contributed by atoms with Gasteiger partial charge in [-0.3, -0.25) is 4.90 Å². The van der Waals surface area contributed by atoms with Crippen molar-refractivity contribution in [3.63, 3.8) is 0 Å². The van der Waals surface area contributed by atoms with Crippen molar-refractivity contribution < 1.29 is 13.2 Å². The first-order valence-corrected chi connectivity index (χ1v) is 13.4. The summed E-state index contributed by atoms with van der Waals surface area (Å²) in [5, 5.41) is 0. The van der Waals surface area contributed by atoms with E-state index >= 15 is 0 Å². The Morgan fingerprint density at radius 1 is 0.788 bits per heavy atom. The summed E-state index contributed by atoms with van der Waals surface area (Å²) in [4.78, 5) is 5.40. The van der Waals surface area contributed by atoms with Gasteiger partial charge in [-0.25, -0.2) is 8.42 Å². The number of hydrogen-bond donors (Lipinski definition) is 0. The topological polar surface area (TPSA) is 49.9 Å². The van der Waals surface area contributed by atoms with Gasteiger partial charge in [0.25, 0.3) is 0 Å². The van der Waals surface area contributed by atoms with E-state index in [1.165, 1.54) is 17.4 Å². The highest BCUT2D eigenvalue weighted by atomic mass is 32.2. The van der Waals surface area contributed by atoms with E-state index in [0.717, 1.165) is 39.1 Å². The average molecular weight is 465 g/mol. The van der Waals surface area contributed by atoms with Gasteiger partial charge in [0.1, 0.15) is 5.75 Å². The standard InChI is InChI=1S/C27H32N2O3S/c1-33(30,31)26-15-13-25(14-16-26)32-22-8-17-28-18-20-29(21-19-28)27(23-9-4-2-5-10-23)24-11-6-3-7-12-24/h2-7,9-16,27H,8,17-22H2,1H3. The van der Waals surface area contributed by atoms with Gasteiger partial charge in [0, 0.05) is 39.0 Å². The second-order valence-corrected chi connectivity index (χ2v) is 10.6. The Bertz CT molecular complexity index is 1060. The molecule has 174 valence electrons. The van der Waals surface area contributed by atoms with Gasteiger partial charge in [-0.15, -0.1) is 0 Å². The maximum absolute atomic E-state index is 11.6. The molecule has 0 bridgehead atoms. The molecule has 0 amide bonds. The lowest BCUT2D eigenvalue weighted by Crippen LogP contribution is -2.48. The summed E-state index contributed by atoms with van der Waals surface area (Å²) in [6, 6.07) is 28.5. The third kappa shape index (κ3) is 6.44. The molecule has 1 heterocycles. The molecule has 3 aromatic rings. The highest BCUT2D eigenvalue weighted by molar-refractivity contribution is 7.90. The Morgan fingerprint density at radius 3 is 1.85 bits per heavy atom. The zero-order chi connectivity index (χ0) is 23.1. The van der Waals surface area contributed by atoms with Crippen molar-refractivity contribution in [2.24, 2.45) is 0 Å². The highest BCUT2D eigenvalue weighted by Gasteiger charge is 2.26. The monoisotopic (exact) mass is 464 g/mol. The quantitative estimate of drug-likeness (QED) is 0.443. The Morgan fingerprint density at radius 2 is 1.33 bits per heavy atom. The van der Waals surface area contributed by atoms with Crippen LogP contribution in [0.4, 0.5) is 0 Å². The molecular weight excluding hydrogens is 432 g/mol. The normalized spacial score (nSPS) is 15.6. The fraction of sp³-hybridized carbons (Fsp3) is 0.333. The zero-order valence-corrected chi connectivity index (χ0v) is 20.0. The molecule has 1 saturated heterocycles. The van der Waals surface area contributed by atoms with Crippen LogP contribution in [0.2, 0.25) is 0 Å². The van der Waals surface area contributed by atoms with Gasteiger partial charge in [-0.05, 0) is 41.8 Å². The smallest absolute Gasteiger partial charge is 0.175 e. The van der Waals surface area contributed by atoms with Gasteiger partial charge in [0.2, 0.25) is 0 Å². The predicted octanol–water partition coefficient (Wildman–Crippen LogP) is 4.27. The fourth-order valence-electron chi connectivity index (χ4n) is 4.39. The van der Waals surface area contributed by atoms with Crippen LogP contribution >= 0.6 is 0 Å².